The maximum absolute atomic E-state index is 13.2. The lowest BCUT2D eigenvalue weighted by molar-refractivity contribution is 0.304. The molecular formula is C12H8BrClFNO. The SMILES string of the molecule is Fc1cccc(COc2cncc(Br)c2)c1Cl. The summed E-state index contributed by atoms with van der Waals surface area (Å²) in [4.78, 5) is 3.96. The smallest absolute Gasteiger partial charge is 0.142 e. The molecule has 0 aliphatic heterocycles. The quantitative estimate of drug-likeness (QED) is 0.846. The van der Waals surface area contributed by atoms with E-state index in [4.69, 9.17) is 16.3 Å². The number of hydrogen-bond acceptors (Lipinski definition) is 2. The summed E-state index contributed by atoms with van der Waals surface area (Å²) in [6.45, 7) is 0.203. The van der Waals surface area contributed by atoms with E-state index in [0.717, 1.165) is 4.47 Å². The monoisotopic (exact) mass is 315 g/mol. The zero-order valence-electron chi connectivity index (χ0n) is 8.66. The van der Waals surface area contributed by atoms with Crippen LogP contribution in [0.1, 0.15) is 5.56 Å². The van der Waals surface area contributed by atoms with E-state index in [1.165, 1.54) is 6.07 Å². The zero-order valence-corrected chi connectivity index (χ0v) is 11.0. The van der Waals surface area contributed by atoms with Gasteiger partial charge in [0.2, 0.25) is 0 Å². The maximum atomic E-state index is 13.2. The average molecular weight is 317 g/mol. The number of benzene rings is 1. The van der Waals surface area contributed by atoms with Gasteiger partial charge in [0.25, 0.3) is 0 Å². The molecule has 2 nitrogen and oxygen atoms in total. The molecule has 0 bridgehead atoms. The van der Waals surface area contributed by atoms with Crippen molar-refractivity contribution in [2.24, 2.45) is 0 Å². The number of rotatable bonds is 3. The van der Waals surface area contributed by atoms with Crippen LogP contribution < -0.4 is 4.74 Å². The summed E-state index contributed by atoms with van der Waals surface area (Å²) in [5.41, 5.74) is 0.603. The van der Waals surface area contributed by atoms with Gasteiger partial charge in [-0.15, -0.1) is 0 Å². The van der Waals surface area contributed by atoms with Crippen LogP contribution in [0.5, 0.6) is 5.75 Å². The topological polar surface area (TPSA) is 22.1 Å². The number of halogens is 3. The number of nitrogens with zero attached hydrogens (tertiary/aromatic N) is 1. The molecule has 0 aliphatic rings. The van der Waals surface area contributed by atoms with Crippen LogP contribution in [0.25, 0.3) is 0 Å². The first-order valence-corrected chi connectivity index (χ1v) is 6.00. The van der Waals surface area contributed by atoms with Crippen LogP contribution in [0.3, 0.4) is 0 Å². The van der Waals surface area contributed by atoms with Crippen molar-refractivity contribution < 1.29 is 9.13 Å². The van der Waals surface area contributed by atoms with Gasteiger partial charge in [0.15, 0.2) is 0 Å². The molecule has 0 atom stereocenters. The van der Waals surface area contributed by atoms with E-state index in [9.17, 15) is 4.39 Å². The number of aromatic nitrogens is 1. The Labute approximate surface area is 112 Å². The highest BCUT2D eigenvalue weighted by molar-refractivity contribution is 9.10. The highest BCUT2D eigenvalue weighted by Crippen LogP contribution is 2.22. The first-order chi connectivity index (χ1) is 8.16. The first kappa shape index (κ1) is 12.3. The largest absolute Gasteiger partial charge is 0.487 e. The maximum Gasteiger partial charge on any atom is 0.142 e. The number of hydrogen-bond donors (Lipinski definition) is 0. The summed E-state index contributed by atoms with van der Waals surface area (Å²) in [5, 5.41) is 0.0930. The average Bonchev–Trinajstić information content (AvgIpc) is 2.31. The van der Waals surface area contributed by atoms with Gasteiger partial charge in [-0.3, -0.25) is 4.98 Å². The molecule has 0 spiro atoms. The molecule has 88 valence electrons. The van der Waals surface area contributed by atoms with E-state index in [1.54, 1.807) is 30.6 Å². The highest BCUT2D eigenvalue weighted by atomic mass is 79.9. The molecule has 1 heterocycles. The second-order valence-electron chi connectivity index (χ2n) is 3.34. The van der Waals surface area contributed by atoms with Gasteiger partial charge in [0, 0.05) is 16.2 Å². The van der Waals surface area contributed by atoms with Gasteiger partial charge in [-0.2, -0.15) is 0 Å². The van der Waals surface area contributed by atoms with Crippen molar-refractivity contribution in [3.8, 4) is 5.75 Å². The van der Waals surface area contributed by atoms with Crippen molar-refractivity contribution in [2.75, 3.05) is 0 Å². The van der Waals surface area contributed by atoms with E-state index in [0.29, 0.717) is 11.3 Å². The minimum Gasteiger partial charge on any atom is -0.487 e. The van der Waals surface area contributed by atoms with Crippen molar-refractivity contribution in [1.29, 1.82) is 0 Å². The summed E-state index contributed by atoms with van der Waals surface area (Å²) in [5.74, 6) is 0.153. The van der Waals surface area contributed by atoms with Crippen LogP contribution in [-0.4, -0.2) is 4.98 Å². The lowest BCUT2D eigenvalue weighted by Gasteiger charge is -2.07. The summed E-state index contributed by atoms with van der Waals surface area (Å²) in [6.07, 6.45) is 3.24. The molecule has 1 aromatic heterocycles. The van der Waals surface area contributed by atoms with Gasteiger partial charge in [-0.25, -0.2) is 4.39 Å². The number of pyridine rings is 1. The molecule has 0 saturated carbocycles. The molecule has 17 heavy (non-hydrogen) atoms. The van der Waals surface area contributed by atoms with Crippen molar-refractivity contribution in [3.05, 3.63) is 57.5 Å². The molecule has 0 unspecified atom stereocenters. The minimum absolute atomic E-state index is 0.0930. The third-order valence-electron chi connectivity index (χ3n) is 2.11. The number of ether oxygens (including phenoxy) is 1. The van der Waals surface area contributed by atoms with E-state index < -0.39 is 5.82 Å². The second-order valence-corrected chi connectivity index (χ2v) is 4.63. The Hall–Kier alpha value is -1.13. The Kier molecular flexibility index (Phi) is 3.97. The predicted molar refractivity (Wildman–Crippen MR) is 67.7 cm³/mol. The zero-order chi connectivity index (χ0) is 12.3. The Morgan fingerprint density at radius 2 is 2.18 bits per heavy atom. The lowest BCUT2D eigenvalue weighted by Crippen LogP contribution is -1.97. The normalized spacial score (nSPS) is 10.3. The molecule has 0 fully saturated rings. The summed E-state index contributed by atoms with van der Waals surface area (Å²) < 4.78 is 19.4. The van der Waals surface area contributed by atoms with Crippen molar-refractivity contribution in [1.82, 2.24) is 4.98 Å². The molecule has 0 N–H and O–H groups in total. The van der Waals surface area contributed by atoms with Gasteiger partial charge >= 0.3 is 0 Å². The summed E-state index contributed by atoms with van der Waals surface area (Å²) in [7, 11) is 0. The molecule has 0 aliphatic carbocycles. The molecule has 0 radical (unpaired) electrons. The molecule has 1 aromatic carbocycles. The molecule has 0 amide bonds. The van der Waals surface area contributed by atoms with Gasteiger partial charge < -0.3 is 4.74 Å². The highest BCUT2D eigenvalue weighted by Gasteiger charge is 2.06. The standard InChI is InChI=1S/C12H8BrClFNO/c13-9-4-10(6-16-5-9)17-7-8-2-1-3-11(15)12(8)14/h1-6H,7H2. The van der Waals surface area contributed by atoms with Gasteiger partial charge in [-0.1, -0.05) is 23.7 Å². The van der Waals surface area contributed by atoms with Crippen molar-refractivity contribution >= 4 is 27.5 Å². The predicted octanol–water partition coefficient (Wildman–Crippen LogP) is 4.22. The van der Waals surface area contributed by atoms with Crippen LogP contribution in [0.15, 0.2) is 41.1 Å². The van der Waals surface area contributed by atoms with Crippen LogP contribution >= 0.6 is 27.5 Å². The first-order valence-electron chi connectivity index (χ1n) is 4.83. The molecule has 2 aromatic rings. The summed E-state index contributed by atoms with van der Waals surface area (Å²) >= 11 is 9.10. The Balaban J connectivity index is 2.10. The lowest BCUT2D eigenvalue weighted by atomic mass is 10.2. The molecular weight excluding hydrogens is 308 g/mol. The third-order valence-corrected chi connectivity index (χ3v) is 2.96. The van der Waals surface area contributed by atoms with Gasteiger partial charge in [-0.05, 0) is 28.1 Å². The third kappa shape index (κ3) is 3.17. The van der Waals surface area contributed by atoms with Crippen LogP contribution in [0.2, 0.25) is 5.02 Å². The summed E-state index contributed by atoms with van der Waals surface area (Å²) in [6, 6.07) is 6.41. The van der Waals surface area contributed by atoms with E-state index >= 15 is 0 Å². The molecule has 0 saturated heterocycles. The fourth-order valence-corrected chi connectivity index (χ4v) is 1.82. The van der Waals surface area contributed by atoms with E-state index in [1.807, 2.05) is 0 Å². The molecule has 2 rings (SSSR count). The fraction of sp³-hybridized carbons (Fsp3) is 0.0833. The van der Waals surface area contributed by atoms with Crippen molar-refractivity contribution in [2.45, 2.75) is 6.61 Å². The molecule has 5 heteroatoms. The Morgan fingerprint density at radius 1 is 1.35 bits per heavy atom. The Morgan fingerprint density at radius 3 is 2.94 bits per heavy atom. The Bertz CT molecular complexity index is 536. The minimum atomic E-state index is -0.444. The van der Waals surface area contributed by atoms with Crippen LogP contribution in [0.4, 0.5) is 4.39 Å². The van der Waals surface area contributed by atoms with Crippen LogP contribution in [-0.2, 0) is 6.61 Å². The van der Waals surface area contributed by atoms with E-state index in [-0.39, 0.29) is 11.6 Å². The van der Waals surface area contributed by atoms with Gasteiger partial charge in [0.05, 0.1) is 11.2 Å². The van der Waals surface area contributed by atoms with Crippen molar-refractivity contribution in [3.63, 3.8) is 0 Å². The second kappa shape index (κ2) is 5.47. The fourth-order valence-electron chi connectivity index (χ4n) is 1.29. The van der Waals surface area contributed by atoms with Gasteiger partial charge in [0.1, 0.15) is 18.2 Å². The van der Waals surface area contributed by atoms with Crippen LogP contribution in [0, 0.1) is 5.82 Å². The van der Waals surface area contributed by atoms with E-state index in [2.05, 4.69) is 20.9 Å².